The number of sulfone groups is 1. The molecule has 0 saturated heterocycles. The summed E-state index contributed by atoms with van der Waals surface area (Å²) in [6.45, 7) is 6.32. The van der Waals surface area contributed by atoms with Gasteiger partial charge in [-0.25, -0.2) is 8.42 Å². The Balaban J connectivity index is 3.05. The minimum absolute atomic E-state index is 0.00734. The molecule has 3 nitrogen and oxygen atoms in total. The van der Waals surface area contributed by atoms with Gasteiger partial charge >= 0.3 is 0 Å². The molecule has 0 aliphatic carbocycles. The van der Waals surface area contributed by atoms with Crippen molar-refractivity contribution in [1.82, 2.24) is 5.32 Å². The summed E-state index contributed by atoms with van der Waals surface area (Å²) in [6, 6.07) is 5.39. The molecule has 0 aliphatic heterocycles. The normalized spacial score (nSPS) is 11.7. The van der Waals surface area contributed by atoms with Crippen LogP contribution in [0.2, 0.25) is 0 Å². The first-order chi connectivity index (χ1) is 6.97. The molecule has 1 rings (SSSR count). The SMILES string of the molecule is CCNCS(=O)(=O)c1ccc(C)cc1C. The monoisotopic (exact) mass is 227 g/mol. The van der Waals surface area contributed by atoms with Gasteiger partial charge in [-0.05, 0) is 32.0 Å². The minimum atomic E-state index is -3.18. The van der Waals surface area contributed by atoms with Crippen LogP contribution in [-0.4, -0.2) is 20.8 Å². The molecule has 0 aliphatic rings. The fraction of sp³-hybridized carbons (Fsp3) is 0.455. The first-order valence-electron chi connectivity index (χ1n) is 4.98. The molecule has 0 heterocycles. The molecule has 84 valence electrons. The van der Waals surface area contributed by atoms with E-state index in [0.717, 1.165) is 11.1 Å². The molecule has 15 heavy (non-hydrogen) atoms. The number of hydrogen-bond donors (Lipinski definition) is 1. The van der Waals surface area contributed by atoms with Crippen LogP contribution in [0.15, 0.2) is 23.1 Å². The van der Waals surface area contributed by atoms with Gasteiger partial charge in [0.1, 0.15) is 5.88 Å². The van der Waals surface area contributed by atoms with Crippen molar-refractivity contribution in [2.75, 3.05) is 12.4 Å². The molecule has 0 bridgehead atoms. The lowest BCUT2D eigenvalue weighted by Crippen LogP contribution is -2.23. The van der Waals surface area contributed by atoms with Crippen molar-refractivity contribution in [2.24, 2.45) is 0 Å². The van der Waals surface area contributed by atoms with E-state index >= 15 is 0 Å². The van der Waals surface area contributed by atoms with Gasteiger partial charge < -0.3 is 5.32 Å². The smallest absolute Gasteiger partial charge is 0.191 e. The maximum absolute atomic E-state index is 11.9. The van der Waals surface area contributed by atoms with Crippen molar-refractivity contribution in [3.8, 4) is 0 Å². The average molecular weight is 227 g/mol. The van der Waals surface area contributed by atoms with Gasteiger partial charge in [0.25, 0.3) is 0 Å². The summed E-state index contributed by atoms with van der Waals surface area (Å²) in [4.78, 5) is 0.425. The van der Waals surface area contributed by atoms with Crippen LogP contribution in [0.5, 0.6) is 0 Å². The molecule has 0 radical (unpaired) electrons. The summed E-state index contributed by atoms with van der Waals surface area (Å²) < 4.78 is 23.7. The van der Waals surface area contributed by atoms with Crippen LogP contribution in [0.1, 0.15) is 18.1 Å². The molecule has 0 fully saturated rings. The fourth-order valence-electron chi connectivity index (χ4n) is 1.46. The molecule has 0 atom stereocenters. The summed E-state index contributed by atoms with van der Waals surface area (Å²) in [6.07, 6.45) is 0. The standard InChI is InChI=1S/C11H17NO2S/c1-4-12-8-15(13,14)11-6-5-9(2)7-10(11)3/h5-7,12H,4,8H2,1-3H3. The van der Waals surface area contributed by atoms with E-state index in [9.17, 15) is 8.42 Å². The Kier molecular flexibility index (Phi) is 3.88. The second-order valence-electron chi connectivity index (χ2n) is 3.63. The van der Waals surface area contributed by atoms with Crippen molar-refractivity contribution in [3.63, 3.8) is 0 Å². The lowest BCUT2D eigenvalue weighted by atomic mass is 10.2. The Hall–Kier alpha value is -0.870. The zero-order chi connectivity index (χ0) is 11.5. The van der Waals surface area contributed by atoms with Crippen LogP contribution in [0.3, 0.4) is 0 Å². The van der Waals surface area contributed by atoms with Crippen LogP contribution in [0.25, 0.3) is 0 Å². The number of aryl methyl sites for hydroxylation is 2. The van der Waals surface area contributed by atoms with Gasteiger partial charge in [-0.3, -0.25) is 0 Å². The molecular formula is C11H17NO2S. The van der Waals surface area contributed by atoms with E-state index in [2.05, 4.69) is 5.32 Å². The first-order valence-corrected chi connectivity index (χ1v) is 6.63. The van der Waals surface area contributed by atoms with E-state index in [1.165, 1.54) is 0 Å². The predicted molar refractivity (Wildman–Crippen MR) is 61.6 cm³/mol. The fourth-order valence-corrected chi connectivity index (χ4v) is 2.92. The van der Waals surface area contributed by atoms with Gasteiger partial charge in [-0.1, -0.05) is 24.6 Å². The van der Waals surface area contributed by atoms with Crippen molar-refractivity contribution in [3.05, 3.63) is 29.3 Å². The summed E-state index contributed by atoms with van der Waals surface area (Å²) in [5, 5.41) is 2.84. The van der Waals surface area contributed by atoms with E-state index in [-0.39, 0.29) is 5.88 Å². The average Bonchev–Trinajstić information content (AvgIpc) is 2.14. The Bertz CT molecular complexity index is 438. The lowest BCUT2D eigenvalue weighted by molar-refractivity contribution is 0.588. The maximum Gasteiger partial charge on any atom is 0.191 e. The van der Waals surface area contributed by atoms with Crippen LogP contribution in [-0.2, 0) is 9.84 Å². The molecular weight excluding hydrogens is 210 g/mol. The Morgan fingerprint density at radius 2 is 1.93 bits per heavy atom. The highest BCUT2D eigenvalue weighted by molar-refractivity contribution is 7.91. The van der Waals surface area contributed by atoms with Crippen molar-refractivity contribution in [1.29, 1.82) is 0 Å². The van der Waals surface area contributed by atoms with Crippen molar-refractivity contribution >= 4 is 9.84 Å². The lowest BCUT2D eigenvalue weighted by Gasteiger charge is -2.08. The van der Waals surface area contributed by atoms with E-state index < -0.39 is 9.84 Å². The van der Waals surface area contributed by atoms with E-state index in [1.807, 2.05) is 32.9 Å². The van der Waals surface area contributed by atoms with Gasteiger partial charge in [-0.15, -0.1) is 0 Å². The summed E-state index contributed by atoms with van der Waals surface area (Å²) in [7, 11) is -3.18. The topological polar surface area (TPSA) is 46.2 Å². The number of rotatable bonds is 4. The third kappa shape index (κ3) is 3.04. The number of benzene rings is 1. The molecule has 1 aromatic rings. The van der Waals surface area contributed by atoms with Crippen molar-refractivity contribution in [2.45, 2.75) is 25.7 Å². The predicted octanol–water partition coefficient (Wildman–Crippen LogP) is 1.64. The molecule has 1 N–H and O–H groups in total. The third-order valence-electron chi connectivity index (χ3n) is 2.21. The maximum atomic E-state index is 11.9. The molecule has 0 saturated carbocycles. The Labute approximate surface area is 91.4 Å². The first kappa shape index (κ1) is 12.2. The minimum Gasteiger partial charge on any atom is -0.304 e. The molecule has 0 spiro atoms. The zero-order valence-electron chi connectivity index (χ0n) is 9.37. The summed E-state index contributed by atoms with van der Waals surface area (Å²) in [5.41, 5.74) is 1.89. The Morgan fingerprint density at radius 1 is 1.27 bits per heavy atom. The molecule has 0 aromatic heterocycles. The van der Waals surface area contributed by atoms with Crippen LogP contribution in [0.4, 0.5) is 0 Å². The number of nitrogens with one attached hydrogen (secondary N) is 1. The van der Waals surface area contributed by atoms with Crippen LogP contribution >= 0.6 is 0 Å². The van der Waals surface area contributed by atoms with Gasteiger partial charge in [0.05, 0.1) is 4.90 Å². The molecule has 0 amide bonds. The van der Waals surface area contributed by atoms with Gasteiger partial charge in [-0.2, -0.15) is 0 Å². The van der Waals surface area contributed by atoms with Gasteiger partial charge in [0.15, 0.2) is 9.84 Å². The summed E-state index contributed by atoms with van der Waals surface area (Å²) >= 11 is 0. The summed E-state index contributed by atoms with van der Waals surface area (Å²) in [5.74, 6) is 0.00734. The molecule has 0 unspecified atom stereocenters. The Morgan fingerprint density at radius 3 is 2.47 bits per heavy atom. The van der Waals surface area contributed by atoms with Gasteiger partial charge in [0, 0.05) is 0 Å². The zero-order valence-corrected chi connectivity index (χ0v) is 10.2. The largest absolute Gasteiger partial charge is 0.304 e. The van der Waals surface area contributed by atoms with Crippen molar-refractivity contribution < 1.29 is 8.42 Å². The van der Waals surface area contributed by atoms with E-state index in [1.54, 1.807) is 6.07 Å². The molecule has 4 heteroatoms. The highest BCUT2D eigenvalue weighted by atomic mass is 32.2. The quantitative estimate of drug-likeness (QED) is 0.850. The third-order valence-corrected chi connectivity index (χ3v) is 3.92. The second kappa shape index (κ2) is 4.77. The van der Waals surface area contributed by atoms with Crippen LogP contribution < -0.4 is 5.32 Å². The number of hydrogen-bond acceptors (Lipinski definition) is 3. The molecule has 1 aromatic carbocycles. The highest BCUT2D eigenvalue weighted by Crippen LogP contribution is 2.17. The van der Waals surface area contributed by atoms with E-state index in [4.69, 9.17) is 0 Å². The van der Waals surface area contributed by atoms with E-state index in [0.29, 0.717) is 11.4 Å². The highest BCUT2D eigenvalue weighted by Gasteiger charge is 2.15. The van der Waals surface area contributed by atoms with Gasteiger partial charge in [0.2, 0.25) is 0 Å². The van der Waals surface area contributed by atoms with Crippen LogP contribution in [0, 0.1) is 13.8 Å². The second-order valence-corrected chi connectivity index (χ2v) is 5.59.